The molecule has 1 fully saturated rings. The predicted octanol–water partition coefficient (Wildman–Crippen LogP) is 0.212. The molecule has 1 aromatic rings. The van der Waals surface area contributed by atoms with Crippen molar-refractivity contribution in [1.29, 1.82) is 0 Å². The first-order chi connectivity index (χ1) is 7.54. The van der Waals surface area contributed by atoms with Gasteiger partial charge in [-0.05, 0) is 17.7 Å². The van der Waals surface area contributed by atoms with Crippen LogP contribution in [0.5, 0.6) is 0 Å². The van der Waals surface area contributed by atoms with E-state index in [1.807, 2.05) is 0 Å². The van der Waals surface area contributed by atoms with Crippen LogP contribution in [0.15, 0.2) is 24.3 Å². The maximum atomic E-state index is 11.6. The number of carbonyl (C=O) groups is 1. The predicted molar refractivity (Wildman–Crippen MR) is 60.2 cm³/mol. The van der Waals surface area contributed by atoms with E-state index >= 15 is 0 Å². The van der Waals surface area contributed by atoms with E-state index in [4.69, 9.17) is 5.73 Å². The molecule has 0 bridgehead atoms. The van der Waals surface area contributed by atoms with Gasteiger partial charge in [0.05, 0.1) is 11.4 Å². The molecule has 0 aromatic heterocycles. The van der Waals surface area contributed by atoms with Gasteiger partial charge >= 0.3 is 0 Å². The van der Waals surface area contributed by atoms with Crippen molar-refractivity contribution in [2.75, 3.05) is 10.1 Å². The minimum Gasteiger partial charge on any atom is -0.326 e. The molecule has 2 N–H and O–H groups in total. The Morgan fingerprint density at radius 1 is 1.25 bits per heavy atom. The molecule has 86 valence electrons. The molecule has 2 rings (SSSR count). The monoisotopic (exact) mass is 240 g/mol. The van der Waals surface area contributed by atoms with Crippen LogP contribution in [0.25, 0.3) is 0 Å². The lowest BCUT2D eigenvalue weighted by atomic mass is 10.2. The summed E-state index contributed by atoms with van der Waals surface area (Å²) in [5, 5.41) is 0. The fourth-order valence-corrected chi connectivity index (χ4v) is 3.10. The van der Waals surface area contributed by atoms with Gasteiger partial charge in [-0.3, -0.25) is 4.79 Å². The Kier molecular flexibility index (Phi) is 2.69. The van der Waals surface area contributed by atoms with Crippen molar-refractivity contribution < 1.29 is 13.2 Å². The molecule has 1 aliphatic rings. The maximum absolute atomic E-state index is 11.6. The number of benzene rings is 1. The van der Waals surface area contributed by atoms with E-state index in [-0.39, 0.29) is 18.1 Å². The van der Waals surface area contributed by atoms with Crippen molar-refractivity contribution in [3.05, 3.63) is 29.8 Å². The number of anilines is 1. The van der Waals surface area contributed by atoms with Crippen molar-refractivity contribution in [1.82, 2.24) is 0 Å². The van der Waals surface area contributed by atoms with Crippen LogP contribution in [0, 0.1) is 0 Å². The second-order valence-corrected chi connectivity index (χ2v) is 5.53. The minimum absolute atomic E-state index is 0.0565. The zero-order chi connectivity index (χ0) is 11.8. The third kappa shape index (κ3) is 1.81. The van der Waals surface area contributed by atoms with Crippen molar-refractivity contribution >= 4 is 21.6 Å². The van der Waals surface area contributed by atoms with E-state index < -0.39 is 10.0 Å². The van der Waals surface area contributed by atoms with Gasteiger partial charge in [-0.25, -0.2) is 12.7 Å². The highest BCUT2D eigenvalue weighted by atomic mass is 32.2. The lowest BCUT2D eigenvalue weighted by molar-refractivity contribution is -0.116. The number of rotatable bonds is 2. The highest BCUT2D eigenvalue weighted by Gasteiger charge is 2.36. The zero-order valence-corrected chi connectivity index (χ0v) is 9.40. The third-order valence-corrected chi connectivity index (χ3v) is 4.18. The van der Waals surface area contributed by atoms with Crippen LogP contribution in [-0.2, 0) is 21.4 Å². The van der Waals surface area contributed by atoms with Crippen LogP contribution in [0.2, 0.25) is 0 Å². The number of nitrogens with two attached hydrogens (primary N) is 1. The molecule has 0 spiro atoms. The summed E-state index contributed by atoms with van der Waals surface area (Å²) >= 11 is 0. The molecule has 1 amide bonds. The number of amides is 1. The topological polar surface area (TPSA) is 80.5 Å². The summed E-state index contributed by atoms with van der Waals surface area (Å²) < 4.78 is 24.1. The molecule has 0 radical (unpaired) electrons. The molecule has 0 aliphatic carbocycles. The summed E-state index contributed by atoms with van der Waals surface area (Å²) in [6.45, 7) is 0.390. The van der Waals surface area contributed by atoms with Crippen LogP contribution in [0.4, 0.5) is 5.69 Å². The molecule has 16 heavy (non-hydrogen) atoms. The lowest BCUT2D eigenvalue weighted by Crippen LogP contribution is -2.29. The second kappa shape index (κ2) is 3.88. The molecular formula is C10H12N2O3S. The van der Waals surface area contributed by atoms with Crippen molar-refractivity contribution in [2.24, 2.45) is 5.73 Å². The van der Waals surface area contributed by atoms with E-state index in [0.29, 0.717) is 12.2 Å². The summed E-state index contributed by atoms with van der Waals surface area (Å²) in [7, 11) is -3.46. The molecule has 1 aromatic carbocycles. The number of carbonyl (C=O) groups excluding carboxylic acids is 1. The molecule has 1 heterocycles. The molecule has 5 nitrogen and oxygen atoms in total. The van der Waals surface area contributed by atoms with Gasteiger partial charge in [0.25, 0.3) is 0 Å². The van der Waals surface area contributed by atoms with Gasteiger partial charge in [0.2, 0.25) is 15.9 Å². The second-order valence-electron chi connectivity index (χ2n) is 3.59. The van der Waals surface area contributed by atoms with Gasteiger partial charge in [0, 0.05) is 13.0 Å². The number of nitrogens with zero attached hydrogens (tertiary/aromatic N) is 1. The van der Waals surface area contributed by atoms with Crippen molar-refractivity contribution in [2.45, 2.75) is 13.0 Å². The Morgan fingerprint density at radius 2 is 1.88 bits per heavy atom. The number of hydrogen-bond donors (Lipinski definition) is 1. The quantitative estimate of drug-likeness (QED) is 0.801. The Balaban J connectivity index is 2.40. The van der Waals surface area contributed by atoms with E-state index in [9.17, 15) is 13.2 Å². The number of hydrogen-bond acceptors (Lipinski definition) is 4. The van der Waals surface area contributed by atoms with Crippen LogP contribution >= 0.6 is 0 Å². The molecule has 6 heteroatoms. The van der Waals surface area contributed by atoms with Gasteiger partial charge < -0.3 is 5.73 Å². The van der Waals surface area contributed by atoms with E-state index in [1.54, 1.807) is 24.3 Å². The smallest absolute Gasteiger partial charge is 0.242 e. The van der Waals surface area contributed by atoms with Crippen molar-refractivity contribution in [3.8, 4) is 0 Å². The average Bonchev–Trinajstić information content (AvgIpc) is 2.53. The van der Waals surface area contributed by atoms with E-state index in [2.05, 4.69) is 0 Å². The maximum Gasteiger partial charge on any atom is 0.242 e. The molecule has 1 saturated heterocycles. The first kappa shape index (κ1) is 11.1. The average molecular weight is 240 g/mol. The highest BCUT2D eigenvalue weighted by Crippen LogP contribution is 2.25. The SMILES string of the molecule is NCc1ccc(N2C(=O)CCS2(=O)=O)cc1. The Hall–Kier alpha value is -1.40. The highest BCUT2D eigenvalue weighted by molar-refractivity contribution is 7.94. The first-order valence-corrected chi connectivity index (χ1v) is 6.50. The summed E-state index contributed by atoms with van der Waals surface area (Å²) in [6.07, 6.45) is 0.0565. The minimum atomic E-state index is -3.46. The Labute approximate surface area is 93.9 Å². The van der Waals surface area contributed by atoms with Crippen molar-refractivity contribution in [3.63, 3.8) is 0 Å². The zero-order valence-electron chi connectivity index (χ0n) is 8.59. The summed E-state index contributed by atoms with van der Waals surface area (Å²) in [5.41, 5.74) is 6.72. The van der Waals surface area contributed by atoms with Gasteiger partial charge in [-0.15, -0.1) is 0 Å². The van der Waals surface area contributed by atoms with Gasteiger partial charge in [-0.1, -0.05) is 12.1 Å². The lowest BCUT2D eigenvalue weighted by Gasteiger charge is -2.14. The molecular weight excluding hydrogens is 228 g/mol. The van der Waals surface area contributed by atoms with Crippen LogP contribution in [0.3, 0.4) is 0 Å². The van der Waals surface area contributed by atoms with Gasteiger partial charge in [-0.2, -0.15) is 0 Å². The van der Waals surface area contributed by atoms with Crippen LogP contribution in [0.1, 0.15) is 12.0 Å². The fraction of sp³-hybridized carbons (Fsp3) is 0.300. The molecule has 0 saturated carbocycles. The van der Waals surface area contributed by atoms with Gasteiger partial charge in [0.1, 0.15) is 0 Å². The largest absolute Gasteiger partial charge is 0.326 e. The summed E-state index contributed by atoms with van der Waals surface area (Å²) in [5.74, 6) is -0.481. The Morgan fingerprint density at radius 3 is 2.31 bits per heavy atom. The number of sulfonamides is 1. The van der Waals surface area contributed by atoms with Crippen LogP contribution < -0.4 is 10.0 Å². The molecule has 0 atom stereocenters. The van der Waals surface area contributed by atoms with Crippen LogP contribution in [-0.4, -0.2) is 20.1 Å². The summed E-state index contributed by atoms with van der Waals surface area (Å²) in [4.78, 5) is 11.5. The first-order valence-electron chi connectivity index (χ1n) is 4.89. The third-order valence-electron chi connectivity index (χ3n) is 2.49. The standard InChI is InChI=1S/C10H12N2O3S/c11-7-8-1-3-9(4-2-8)12-10(13)5-6-16(12,14)15/h1-4H,5-7,11H2. The summed E-state index contributed by atoms with van der Waals surface area (Å²) in [6, 6.07) is 6.64. The molecule has 0 unspecified atom stereocenters. The molecule has 1 aliphatic heterocycles. The normalized spacial score (nSPS) is 19.1. The van der Waals surface area contributed by atoms with E-state index in [0.717, 1.165) is 9.87 Å². The van der Waals surface area contributed by atoms with Gasteiger partial charge in [0.15, 0.2) is 0 Å². The fourth-order valence-electron chi connectivity index (χ4n) is 1.64. The Bertz CT molecular complexity index is 507. The van der Waals surface area contributed by atoms with E-state index in [1.165, 1.54) is 0 Å².